The normalized spacial score (nSPS) is 11.8. The van der Waals surface area contributed by atoms with Gasteiger partial charge in [-0.25, -0.2) is 4.79 Å². The maximum absolute atomic E-state index is 12.1. The molecule has 6 heteroatoms. The van der Waals surface area contributed by atoms with Gasteiger partial charge in [-0.3, -0.25) is 4.68 Å². The second-order valence-corrected chi connectivity index (χ2v) is 6.74. The fourth-order valence-electron chi connectivity index (χ4n) is 3.02. The molecule has 2 aromatic carbocycles. The van der Waals surface area contributed by atoms with Gasteiger partial charge in [0.2, 0.25) is 0 Å². The molecule has 2 N–H and O–H groups in total. The standard InChI is InChI=1S/C22H26N4O2/c1-17(16-28-2)24-22(27)23-13-20-15-26(14-18-9-5-3-6-10-18)25-21(20)19-11-7-4-8-12-19/h3-12,15,17H,13-14,16H2,1-2H3,(H2,23,24,27). The molecule has 0 aliphatic rings. The van der Waals surface area contributed by atoms with Gasteiger partial charge < -0.3 is 15.4 Å². The fourth-order valence-corrected chi connectivity index (χ4v) is 3.02. The van der Waals surface area contributed by atoms with Crippen LogP contribution in [-0.4, -0.2) is 35.6 Å². The van der Waals surface area contributed by atoms with Crippen molar-refractivity contribution in [2.75, 3.05) is 13.7 Å². The fraction of sp³-hybridized carbons (Fsp3) is 0.273. The van der Waals surface area contributed by atoms with Crippen LogP contribution in [0.3, 0.4) is 0 Å². The maximum atomic E-state index is 12.1. The summed E-state index contributed by atoms with van der Waals surface area (Å²) in [6, 6.07) is 19.9. The Kier molecular flexibility index (Phi) is 6.81. The number of hydrogen-bond acceptors (Lipinski definition) is 3. The highest BCUT2D eigenvalue weighted by Gasteiger charge is 2.13. The number of nitrogens with one attached hydrogen (secondary N) is 2. The molecule has 0 saturated carbocycles. The number of urea groups is 1. The van der Waals surface area contributed by atoms with Crippen LogP contribution in [0.25, 0.3) is 11.3 Å². The molecule has 28 heavy (non-hydrogen) atoms. The van der Waals surface area contributed by atoms with E-state index in [1.54, 1.807) is 7.11 Å². The van der Waals surface area contributed by atoms with E-state index in [1.165, 1.54) is 5.56 Å². The van der Waals surface area contributed by atoms with Crippen LogP contribution in [0.1, 0.15) is 18.1 Å². The van der Waals surface area contributed by atoms with Gasteiger partial charge >= 0.3 is 6.03 Å². The first-order chi connectivity index (χ1) is 13.7. The van der Waals surface area contributed by atoms with E-state index in [-0.39, 0.29) is 12.1 Å². The average molecular weight is 378 g/mol. The largest absolute Gasteiger partial charge is 0.383 e. The summed E-state index contributed by atoms with van der Waals surface area (Å²) in [5.74, 6) is 0. The number of amides is 2. The van der Waals surface area contributed by atoms with Gasteiger partial charge in [0, 0.05) is 31.0 Å². The molecule has 3 aromatic rings. The third kappa shape index (κ3) is 5.44. The number of rotatable bonds is 8. The van der Waals surface area contributed by atoms with Gasteiger partial charge in [-0.1, -0.05) is 60.7 Å². The first-order valence-electron chi connectivity index (χ1n) is 9.34. The smallest absolute Gasteiger partial charge is 0.315 e. The zero-order valence-corrected chi connectivity index (χ0v) is 16.3. The molecule has 1 heterocycles. The van der Waals surface area contributed by atoms with Gasteiger partial charge in [-0.15, -0.1) is 0 Å². The average Bonchev–Trinajstić information content (AvgIpc) is 3.10. The van der Waals surface area contributed by atoms with E-state index in [2.05, 4.69) is 22.8 Å². The molecular weight excluding hydrogens is 352 g/mol. The SMILES string of the molecule is COCC(C)NC(=O)NCc1cn(Cc2ccccc2)nc1-c1ccccc1. The predicted molar refractivity (Wildman–Crippen MR) is 110 cm³/mol. The minimum absolute atomic E-state index is 0.0561. The Bertz CT molecular complexity index is 878. The molecule has 1 aromatic heterocycles. The molecule has 3 rings (SSSR count). The Hall–Kier alpha value is -3.12. The second kappa shape index (κ2) is 9.71. The summed E-state index contributed by atoms with van der Waals surface area (Å²) < 4.78 is 6.97. The molecule has 0 aliphatic carbocycles. The summed E-state index contributed by atoms with van der Waals surface area (Å²) in [7, 11) is 1.61. The second-order valence-electron chi connectivity index (χ2n) is 6.74. The lowest BCUT2D eigenvalue weighted by Gasteiger charge is -2.13. The van der Waals surface area contributed by atoms with Crippen LogP contribution in [0.2, 0.25) is 0 Å². The monoisotopic (exact) mass is 378 g/mol. The highest BCUT2D eigenvalue weighted by Crippen LogP contribution is 2.22. The van der Waals surface area contributed by atoms with E-state index in [0.29, 0.717) is 19.7 Å². The summed E-state index contributed by atoms with van der Waals surface area (Å²) in [6.45, 7) is 3.44. The minimum Gasteiger partial charge on any atom is -0.383 e. The van der Waals surface area contributed by atoms with Crippen LogP contribution in [0.5, 0.6) is 0 Å². The zero-order chi connectivity index (χ0) is 19.8. The molecule has 0 saturated heterocycles. The Morgan fingerprint density at radius 1 is 1.11 bits per heavy atom. The van der Waals surface area contributed by atoms with Crippen LogP contribution < -0.4 is 10.6 Å². The van der Waals surface area contributed by atoms with Gasteiger partial charge in [0.05, 0.1) is 24.9 Å². The van der Waals surface area contributed by atoms with Crippen molar-refractivity contribution in [2.45, 2.75) is 26.1 Å². The molecule has 0 aliphatic heterocycles. The van der Waals surface area contributed by atoms with E-state index in [0.717, 1.165) is 16.8 Å². The maximum Gasteiger partial charge on any atom is 0.315 e. The number of aromatic nitrogens is 2. The quantitative estimate of drug-likeness (QED) is 0.631. The molecule has 6 nitrogen and oxygen atoms in total. The summed E-state index contributed by atoms with van der Waals surface area (Å²) in [4.78, 5) is 12.1. The van der Waals surface area contributed by atoms with Crippen LogP contribution >= 0.6 is 0 Å². The van der Waals surface area contributed by atoms with Gasteiger partial charge in [-0.05, 0) is 12.5 Å². The molecule has 1 unspecified atom stereocenters. The van der Waals surface area contributed by atoms with Crippen molar-refractivity contribution in [1.82, 2.24) is 20.4 Å². The third-order valence-corrected chi connectivity index (χ3v) is 4.31. The van der Waals surface area contributed by atoms with Crippen molar-refractivity contribution in [3.8, 4) is 11.3 Å². The Balaban J connectivity index is 1.75. The molecular formula is C22H26N4O2. The van der Waals surface area contributed by atoms with Crippen LogP contribution in [0.4, 0.5) is 4.79 Å². The van der Waals surface area contributed by atoms with Gasteiger partial charge in [0.25, 0.3) is 0 Å². The van der Waals surface area contributed by atoms with E-state index >= 15 is 0 Å². The van der Waals surface area contributed by atoms with Crippen molar-refractivity contribution >= 4 is 6.03 Å². The Labute approximate surface area is 165 Å². The summed E-state index contributed by atoms with van der Waals surface area (Å²) in [6.07, 6.45) is 1.99. The summed E-state index contributed by atoms with van der Waals surface area (Å²) in [5, 5.41) is 10.5. The number of benzene rings is 2. The first kappa shape index (κ1) is 19.6. The first-order valence-corrected chi connectivity index (χ1v) is 9.34. The number of carbonyl (C=O) groups is 1. The molecule has 0 bridgehead atoms. The van der Waals surface area contributed by atoms with Gasteiger partial charge in [0.1, 0.15) is 0 Å². The number of nitrogens with zero attached hydrogens (tertiary/aromatic N) is 2. The molecule has 2 amide bonds. The van der Waals surface area contributed by atoms with E-state index in [4.69, 9.17) is 9.84 Å². The summed E-state index contributed by atoms with van der Waals surface area (Å²) >= 11 is 0. The van der Waals surface area contributed by atoms with Gasteiger partial charge in [0.15, 0.2) is 0 Å². The third-order valence-electron chi connectivity index (χ3n) is 4.31. The summed E-state index contributed by atoms with van der Waals surface area (Å²) in [5.41, 5.74) is 4.05. The lowest BCUT2D eigenvalue weighted by molar-refractivity contribution is 0.171. The zero-order valence-electron chi connectivity index (χ0n) is 16.3. The number of methoxy groups -OCH3 is 1. The van der Waals surface area contributed by atoms with Crippen molar-refractivity contribution in [3.63, 3.8) is 0 Å². The number of carbonyl (C=O) groups excluding carboxylic acids is 1. The van der Waals surface area contributed by atoms with E-state index < -0.39 is 0 Å². The van der Waals surface area contributed by atoms with E-state index in [1.807, 2.05) is 66.3 Å². The predicted octanol–water partition coefficient (Wildman–Crippen LogP) is 3.43. The Morgan fingerprint density at radius 3 is 2.46 bits per heavy atom. The molecule has 1 atom stereocenters. The minimum atomic E-state index is -0.223. The molecule has 0 radical (unpaired) electrons. The van der Waals surface area contributed by atoms with Crippen LogP contribution in [0.15, 0.2) is 66.9 Å². The van der Waals surface area contributed by atoms with E-state index in [9.17, 15) is 4.79 Å². The topological polar surface area (TPSA) is 68.2 Å². The van der Waals surface area contributed by atoms with Crippen molar-refractivity contribution in [3.05, 3.63) is 78.0 Å². The van der Waals surface area contributed by atoms with Crippen LogP contribution in [0, 0.1) is 0 Å². The van der Waals surface area contributed by atoms with Gasteiger partial charge in [-0.2, -0.15) is 5.10 Å². The molecule has 146 valence electrons. The highest BCUT2D eigenvalue weighted by molar-refractivity contribution is 5.74. The lowest BCUT2D eigenvalue weighted by Crippen LogP contribution is -2.42. The van der Waals surface area contributed by atoms with Crippen molar-refractivity contribution < 1.29 is 9.53 Å². The highest BCUT2D eigenvalue weighted by atomic mass is 16.5. The van der Waals surface area contributed by atoms with Crippen LogP contribution in [-0.2, 0) is 17.8 Å². The van der Waals surface area contributed by atoms with Crippen molar-refractivity contribution in [1.29, 1.82) is 0 Å². The Morgan fingerprint density at radius 2 is 1.79 bits per heavy atom. The van der Waals surface area contributed by atoms with Crippen molar-refractivity contribution in [2.24, 2.45) is 0 Å². The molecule has 0 spiro atoms. The molecule has 0 fully saturated rings. The number of ether oxygens (including phenoxy) is 1. The number of hydrogen-bond donors (Lipinski definition) is 2. The lowest BCUT2D eigenvalue weighted by atomic mass is 10.1.